The number of ether oxygens (including phenoxy) is 1. The van der Waals surface area contributed by atoms with Gasteiger partial charge in [-0.1, -0.05) is 31.4 Å². The molecule has 1 unspecified atom stereocenters. The number of likely N-dealkylation sites (tertiary alicyclic amines) is 1. The van der Waals surface area contributed by atoms with E-state index in [1.54, 1.807) is 11.0 Å². The standard InChI is InChI=1S/C25H35F3N2O5/c1-23(2,3)30(22(32)33)18-10-14-29(15-11-18)21(31)20(24(34)12-5-4-6-13-24)17-8-7-9-19(16-17)35-25(26,27)28/h7-9,16,18,20,34H,4-6,10-15H2,1-3H3,(H,32,33). The minimum atomic E-state index is -4.87. The Kier molecular flexibility index (Phi) is 7.93. The van der Waals surface area contributed by atoms with E-state index >= 15 is 0 Å². The van der Waals surface area contributed by atoms with Crippen molar-refractivity contribution in [1.29, 1.82) is 0 Å². The molecule has 1 aromatic rings. The minimum absolute atomic E-state index is 0.253. The molecule has 2 N–H and O–H groups in total. The van der Waals surface area contributed by atoms with Crippen molar-refractivity contribution >= 4 is 12.0 Å². The molecular formula is C25H35F3N2O5. The SMILES string of the molecule is CC(C)(C)N(C(=O)O)C1CCN(C(=O)C(c2cccc(OC(F)(F)F)c2)C2(O)CCCCC2)CC1. The van der Waals surface area contributed by atoms with E-state index in [1.165, 1.54) is 23.1 Å². The van der Waals surface area contributed by atoms with Gasteiger partial charge in [0, 0.05) is 24.7 Å². The molecule has 0 radical (unpaired) electrons. The number of hydrogen-bond donors (Lipinski definition) is 2. The van der Waals surface area contributed by atoms with Gasteiger partial charge >= 0.3 is 12.5 Å². The Labute approximate surface area is 203 Å². The smallest absolute Gasteiger partial charge is 0.465 e. The second-order valence-electron chi connectivity index (χ2n) is 10.6. The quantitative estimate of drug-likeness (QED) is 0.585. The van der Waals surface area contributed by atoms with Gasteiger partial charge in [0.05, 0.1) is 11.5 Å². The molecule has 2 aliphatic rings. The lowest BCUT2D eigenvalue weighted by Crippen LogP contribution is -2.56. The summed E-state index contributed by atoms with van der Waals surface area (Å²) in [5.41, 5.74) is -1.69. The first kappa shape index (κ1) is 27.1. The van der Waals surface area contributed by atoms with E-state index in [2.05, 4.69) is 4.74 Å². The average Bonchev–Trinajstić information content (AvgIpc) is 2.72. The van der Waals surface area contributed by atoms with Crippen LogP contribution < -0.4 is 4.74 Å². The maximum absolute atomic E-state index is 13.8. The summed E-state index contributed by atoms with van der Waals surface area (Å²) in [5.74, 6) is -1.82. The highest BCUT2D eigenvalue weighted by atomic mass is 19.4. The molecule has 10 heteroatoms. The Morgan fingerprint density at radius 2 is 1.71 bits per heavy atom. The van der Waals surface area contributed by atoms with Gasteiger partial charge in [-0.05, 0) is 64.2 Å². The van der Waals surface area contributed by atoms with Crippen molar-refractivity contribution in [1.82, 2.24) is 9.80 Å². The Morgan fingerprint density at radius 1 is 1.11 bits per heavy atom. The van der Waals surface area contributed by atoms with Gasteiger partial charge < -0.3 is 24.7 Å². The van der Waals surface area contributed by atoms with Crippen LogP contribution in [0, 0.1) is 0 Å². The van der Waals surface area contributed by atoms with Crippen LogP contribution in [0.2, 0.25) is 0 Å². The molecule has 1 saturated heterocycles. The highest BCUT2D eigenvalue weighted by molar-refractivity contribution is 5.85. The van der Waals surface area contributed by atoms with Crippen molar-refractivity contribution < 1.29 is 37.7 Å². The van der Waals surface area contributed by atoms with Crippen LogP contribution >= 0.6 is 0 Å². The zero-order valence-electron chi connectivity index (χ0n) is 20.5. The minimum Gasteiger partial charge on any atom is -0.465 e. The number of alkyl halides is 3. The third-order valence-electron chi connectivity index (χ3n) is 7.00. The third kappa shape index (κ3) is 6.59. The van der Waals surface area contributed by atoms with Crippen LogP contribution in [0.5, 0.6) is 5.75 Å². The van der Waals surface area contributed by atoms with E-state index < -0.39 is 35.3 Å². The highest BCUT2D eigenvalue weighted by Crippen LogP contribution is 2.42. The summed E-state index contributed by atoms with van der Waals surface area (Å²) in [6.45, 7) is 6.07. The van der Waals surface area contributed by atoms with E-state index in [-0.39, 0.29) is 17.5 Å². The number of carbonyl (C=O) groups excluding carboxylic acids is 1. The van der Waals surface area contributed by atoms with Crippen molar-refractivity contribution in [3.05, 3.63) is 29.8 Å². The van der Waals surface area contributed by atoms with Crippen molar-refractivity contribution in [3.8, 4) is 5.75 Å². The Bertz CT molecular complexity index is 901. The number of aliphatic hydroxyl groups is 1. The molecule has 1 atom stereocenters. The van der Waals surface area contributed by atoms with Crippen molar-refractivity contribution in [2.24, 2.45) is 0 Å². The molecule has 1 aliphatic heterocycles. The number of piperidine rings is 1. The van der Waals surface area contributed by atoms with Gasteiger partial charge in [-0.15, -0.1) is 13.2 Å². The number of amides is 2. The average molecular weight is 501 g/mol. The van der Waals surface area contributed by atoms with E-state index in [0.717, 1.165) is 19.3 Å². The van der Waals surface area contributed by atoms with Gasteiger partial charge in [0.25, 0.3) is 0 Å². The van der Waals surface area contributed by atoms with Crippen LogP contribution in [-0.4, -0.2) is 68.6 Å². The molecule has 0 aromatic heterocycles. The zero-order chi connectivity index (χ0) is 26.0. The third-order valence-corrected chi connectivity index (χ3v) is 7.00. The summed E-state index contributed by atoms with van der Waals surface area (Å²) >= 11 is 0. The number of carboxylic acid groups (broad SMARTS) is 1. The first-order valence-corrected chi connectivity index (χ1v) is 12.1. The highest BCUT2D eigenvalue weighted by Gasteiger charge is 2.46. The van der Waals surface area contributed by atoms with Gasteiger partial charge in [0.1, 0.15) is 5.75 Å². The molecule has 35 heavy (non-hydrogen) atoms. The molecule has 1 aromatic carbocycles. The van der Waals surface area contributed by atoms with Gasteiger partial charge in [0.2, 0.25) is 5.91 Å². The predicted molar refractivity (Wildman–Crippen MR) is 123 cm³/mol. The number of nitrogens with zero attached hydrogens (tertiary/aromatic N) is 2. The van der Waals surface area contributed by atoms with Crippen LogP contribution in [0.1, 0.15) is 77.2 Å². The lowest BCUT2D eigenvalue weighted by molar-refractivity contribution is -0.274. The topological polar surface area (TPSA) is 90.3 Å². The van der Waals surface area contributed by atoms with Crippen LogP contribution in [0.3, 0.4) is 0 Å². The maximum atomic E-state index is 13.8. The van der Waals surface area contributed by atoms with E-state index in [9.17, 15) is 33.0 Å². The fourth-order valence-corrected chi connectivity index (χ4v) is 5.54. The molecular weight excluding hydrogens is 465 g/mol. The number of rotatable bonds is 5. The predicted octanol–water partition coefficient (Wildman–Crippen LogP) is 5.13. The van der Waals surface area contributed by atoms with E-state index in [1.807, 2.05) is 20.8 Å². The fourth-order valence-electron chi connectivity index (χ4n) is 5.54. The van der Waals surface area contributed by atoms with Crippen LogP contribution in [-0.2, 0) is 4.79 Å². The molecule has 196 valence electrons. The Balaban J connectivity index is 1.85. The molecule has 1 heterocycles. The van der Waals surface area contributed by atoms with Gasteiger partial charge in [-0.25, -0.2) is 4.79 Å². The van der Waals surface area contributed by atoms with Crippen LogP contribution in [0.25, 0.3) is 0 Å². The molecule has 3 rings (SSSR count). The normalized spacial score (nSPS) is 20.3. The Morgan fingerprint density at radius 3 is 2.23 bits per heavy atom. The first-order chi connectivity index (χ1) is 16.2. The monoisotopic (exact) mass is 500 g/mol. The fraction of sp³-hybridized carbons (Fsp3) is 0.680. The van der Waals surface area contributed by atoms with E-state index in [4.69, 9.17) is 0 Å². The summed E-state index contributed by atoms with van der Waals surface area (Å²) in [6.07, 6.45) is -1.88. The van der Waals surface area contributed by atoms with Gasteiger partial charge in [0.15, 0.2) is 0 Å². The van der Waals surface area contributed by atoms with Gasteiger partial charge in [-0.3, -0.25) is 4.79 Å². The van der Waals surface area contributed by atoms with Crippen LogP contribution in [0.15, 0.2) is 24.3 Å². The number of carbonyl (C=O) groups is 2. The van der Waals surface area contributed by atoms with E-state index in [0.29, 0.717) is 38.8 Å². The lowest BCUT2D eigenvalue weighted by atomic mass is 9.72. The molecule has 0 bridgehead atoms. The molecule has 1 aliphatic carbocycles. The Hall–Kier alpha value is -2.49. The largest absolute Gasteiger partial charge is 0.573 e. The van der Waals surface area contributed by atoms with Crippen molar-refractivity contribution in [2.45, 2.75) is 95.2 Å². The number of hydrogen-bond acceptors (Lipinski definition) is 4. The summed E-state index contributed by atoms with van der Waals surface area (Å²) in [7, 11) is 0. The van der Waals surface area contributed by atoms with Crippen molar-refractivity contribution in [3.63, 3.8) is 0 Å². The summed E-state index contributed by atoms with van der Waals surface area (Å²) in [6, 6.07) is 5.04. The molecule has 2 amide bonds. The first-order valence-electron chi connectivity index (χ1n) is 12.1. The molecule has 1 saturated carbocycles. The summed E-state index contributed by atoms with van der Waals surface area (Å²) in [4.78, 5) is 28.7. The summed E-state index contributed by atoms with van der Waals surface area (Å²) < 4.78 is 42.5. The second-order valence-corrected chi connectivity index (χ2v) is 10.6. The maximum Gasteiger partial charge on any atom is 0.573 e. The van der Waals surface area contributed by atoms with Gasteiger partial charge in [-0.2, -0.15) is 0 Å². The molecule has 0 spiro atoms. The van der Waals surface area contributed by atoms with Crippen LogP contribution in [0.4, 0.5) is 18.0 Å². The van der Waals surface area contributed by atoms with Crippen molar-refractivity contribution in [2.75, 3.05) is 13.1 Å². The number of benzene rings is 1. The molecule has 7 nitrogen and oxygen atoms in total. The molecule has 2 fully saturated rings. The second kappa shape index (κ2) is 10.2. The summed E-state index contributed by atoms with van der Waals surface area (Å²) in [5, 5.41) is 21.2. The zero-order valence-corrected chi connectivity index (χ0v) is 20.5. The number of halogens is 3. The lowest BCUT2D eigenvalue weighted by Gasteiger charge is -2.45.